The fraction of sp³-hybridized carbons (Fsp3) is 0.929. The first-order valence-electron chi connectivity index (χ1n) is 7.13. The number of hydrogen-bond acceptors (Lipinski definition) is 2. The quantitative estimate of drug-likeness (QED) is 0.563. The third-order valence-corrected chi connectivity index (χ3v) is 6.13. The van der Waals surface area contributed by atoms with Crippen molar-refractivity contribution >= 4 is 33.6 Å². The Morgan fingerprint density at radius 2 is 1.94 bits per heavy atom. The predicted octanol–water partition coefficient (Wildman–Crippen LogP) is 3.98. The van der Waals surface area contributed by atoms with Gasteiger partial charge in [-0.2, -0.15) is 11.8 Å². The minimum absolute atomic E-state index is 0.195. The molecule has 0 spiro atoms. The Labute approximate surface area is 124 Å². The number of thioether (sulfide) groups is 1. The highest BCUT2D eigenvalue weighted by molar-refractivity contribution is 9.09. The van der Waals surface area contributed by atoms with Crippen LogP contribution in [-0.2, 0) is 4.79 Å². The van der Waals surface area contributed by atoms with Gasteiger partial charge in [-0.3, -0.25) is 4.79 Å². The Hall–Kier alpha value is 0.300. The summed E-state index contributed by atoms with van der Waals surface area (Å²) in [5.74, 6) is 1.94. The maximum absolute atomic E-state index is 11.6. The van der Waals surface area contributed by atoms with Gasteiger partial charge in [0, 0.05) is 17.6 Å². The molecule has 1 amide bonds. The van der Waals surface area contributed by atoms with Gasteiger partial charge < -0.3 is 5.32 Å². The number of halogens is 1. The maximum Gasteiger partial charge on any atom is 0.229 e. The summed E-state index contributed by atoms with van der Waals surface area (Å²) in [5, 5.41) is 4.03. The molecule has 0 aromatic carbocycles. The Kier molecular flexibility index (Phi) is 8.40. The molecule has 1 N–H and O–H groups in total. The molecule has 0 aliphatic heterocycles. The van der Waals surface area contributed by atoms with Crippen LogP contribution in [0, 0.1) is 5.41 Å². The van der Waals surface area contributed by atoms with Crippen LogP contribution in [0.4, 0.5) is 0 Å². The van der Waals surface area contributed by atoms with E-state index in [2.05, 4.69) is 28.2 Å². The molecule has 106 valence electrons. The summed E-state index contributed by atoms with van der Waals surface area (Å²) in [7, 11) is 0. The fourth-order valence-corrected chi connectivity index (χ4v) is 4.71. The lowest BCUT2D eigenvalue weighted by molar-refractivity contribution is -0.118. The highest BCUT2D eigenvalue weighted by atomic mass is 79.9. The van der Waals surface area contributed by atoms with Gasteiger partial charge in [0.1, 0.15) is 0 Å². The van der Waals surface area contributed by atoms with E-state index in [0.29, 0.717) is 11.2 Å². The molecule has 4 heteroatoms. The summed E-state index contributed by atoms with van der Waals surface area (Å²) in [5.41, 5.74) is 0.437. The van der Waals surface area contributed by atoms with Gasteiger partial charge in [-0.1, -0.05) is 48.5 Å². The van der Waals surface area contributed by atoms with Crippen molar-refractivity contribution in [3.05, 3.63) is 0 Å². The van der Waals surface area contributed by atoms with Crippen molar-refractivity contribution in [1.82, 2.24) is 5.32 Å². The van der Waals surface area contributed by atoms with Gasteiger partial charge in [0.05, 0.1) is 5.75 Å². The first-order chi connectivity index (χ1) is 8.72. The maximum atomic E-state index is 11.6. The van der Waals surface area contributed by atoms with Crippen LogP contribution >= 0.6 is 27.7 Å². The number of hydrogen-bond donors (Lipinski definition) is 1. The molecule has 1 fully saturated rings. The Bertz CT molecular complexity index is 240. The number of nitrogens with one attached hydrogen (secondary N) is 1. The first-order valence-corrected chi connectivity index (χ1v) is 9.40. The molecule has 1 aliphatic rings. The van der Waals surface area contributed by atoms with Gasteiger partial charge in [-0.25, -0.2) is 0 Å². The summed E-state index contributed by atoms with van der Waals surface area (Å²) in [6.07, 6.45) is 9.14. The van der Waals surface area contributed by atoms with Crippen LogP contribution in [-0.4, -0.2) is 29.3 Å². The zero-order chi connectivity index (χ0) is 13.3. The fourth-order valence-electron chi connectivity index (χ4n) is 2.47. The van der Waals surface area contributed by atoms with E-state index < -0.39 is 0 Å². The summed E-state index contributed by atoms with van der Waals surface area (Å²) < 4.78 is 0. The van der Waals surface area contributed by atoms with Gasteiger partial charge in [-0.05, 0) is 24.7 Å². The van der Waals surface area contributed by atoms with Crippen molar-refractivity contribution in [1.29, 1.82) is 0 Å². The lowest BCUT2D eigenvalue weighted by Crippen LogP contribution is -2.29. The summed E-state index contributed by atoms with van der Waals surface area (Å²) in [4.78, 5) is 11.6. The SMILES string of the molecule is CCCNC(=O)CSCC1(CBr)CCCCCC1. The van der Waals surface area contributed by atoms with E-state index in [0.717, 1.165) is 24.0 Å². The smallest absolute Gasteiger partial charge is 0.229 e. The van der Waals surface area contributed by atoms with E-state index >= 15 is 0 Å². The van der Waals surface area contributed by atoms with Gasteiger partial charge in [0.2, 0.25) is 5.91 Å². The van der Waals surface area contributed by atoms with Gasteiger partial charge in [0.15, 0.2) is 0 Å². The Balaban J connectivity index is 2.27. The van der Waals surface area contributed by atoms with Gasteiger partial charge >= 0.3 is 0 Å². The molecular weight excluding hydrogens is 310 g/mol. The molecule has 1 saturated carbocycles. The Morgan fingerprint density at radius 1 is 1.28 bits per heavy atom. The van der Waals surface area contributed by atoms with Crippen molar-refractivity contribution in [3.63, 3.8) is 0 Å². The van der Waals surface area contributed by atoms with Crippen molar-refractivity contribution in [2.45, 2.75) is 51.9 Å². The van der Waals surface area contributed by atoms with Crippen molar-refractivity contribution in [3.8, 4) is 0 Å². The summed E-state index contributed by atoms with van der Waals surface area (Å²) >= 11 is 5.51. The molecule has 0 aromatic rings. The molecule has 0 saturated heterocycles. The lowest BCUT2D eigenvalue weighted by Gasteiger charge is -2.30. The Morgan fingerprint density at radius 3 is 2.50 bits per heavy atom. The molecule has 0 aromatic heterocycles. The molecule has 0 unspecified atom stereocenters. The average Bonchev–Trinajstić information content (AvgIpc) is 2.62. The second-order valence-corrected chi connectivity index (χ2v) is 6.94. The van der Waals surface area contributed by atoms with Crippen molar-refractivity contribution < 1.29 is 4.79 Å². The molecule has 2 nitrogen and oxygen atoms in total. The molecule has 0 bridgehead atoms. The number of amides is 1. The van der Waals surface area contributed by atoms with E-state index in [1.54, 1.807) is 0 Å². The zero-order valence-electron chi connectivity index (χ0n) is 11.5. The minimum Gasteiger partial charge on any atom is -0.355 e. The zero-order valence-corrected chi connectivity index (χ0v) is 13.9. The third-order valence-electron chi connectivity index (χ3n) is 3.66. The highest BCUT2D eigenvalue weighted by Crippen LogP contribution is 2.39. The average molecular weight is 336 g/mol. The number of alkyl halides is 1. The van der Waals surface area contributed by atoms with Crippen LogP contribution in [0.15, 0.2) is 0 Å². The van der Waals surface area contributed by atoms with E-state index in [-0.39, 0.29) is 5.91 Å². The molecule has 1 rings (SSSR count). The third kappa shape index (κ3) is 5.96. The highest BCUT2D eigenvalue weighted by Gasteiger charge is 2.29. The van der Waals surface area contributed by atoms with Crippen molar-refractivity contribution in [2.75, 3.05) is 23.4 Å². The van der Waals surface area contributed by atoms with Crippen molar-refractivity contribution in [2.24, 2.45) is 5.41 Å². The number of carbonyl (C=O) groups excluding carboxylic acids is 1. The molecule has 0 atom stereocenters. The number of rotatable bonds is 7. The van der Waals surface area contributed by atoms with Gasteiger partial charge in [-0.15, -0.1) is 0 Å². The molecule has 0 radical (unpaired) electrons. The van der Waals surface area contributed by atoms with Crippen LogP contribution in [0.3, 0.4) is 0 Å². The topological polar surface area (TPSA) is 29.1 Å². The molecule has 0 heterocycles. The second-order valence-electron chi connectivity index (χ2n) is 5.39. The van der Waals surface area contributed by atoms with Crippen LogP contribution in [0.1, 0.15) is 51.9 Å². The predicted molar refractivity (Wildman–Crippen MR) is 84.6 cm³/mol. The number of carbonyl (C=O) groups is 1. The van der Waals surface area contributed by atoms with E-state index in [4.69, 9.17) is 0 Å². The van der Waals surface area contributed by atoms with Crippen LogP contribution in [0.2, 0.25) is 0 Å². The van der Waals surface area contributed by atoms with E-state index in [9.17, 15) is 4.79 Å². The normalized spacial score (nSPS) is 19.2. The van der Waals surface area contributed by atoms with Gasteiger partial charge in [0.25, 0.3) is 0 Å². The lowest BCUT2D eigenvalue weighted by atomic mass is 9.85. The first kappa shape index (κ1) is 16.4. The van der Waals surface area contributed by atoms with Crippen LogP contribution < -0.4 is 5.32 Å². The van der Waals surface area contributed by atoms with E-state index in [1.165, 1.54) is 38.5 Å². The summed E-state index contributed by atoms with van der Waals surface area (Å²) in [6.45, 7) is 2.89. The standard InChI is InChI=1S/C14H26BrNOS/c1-2-9-16-13(17)10-18-12-14(11-15)7-5-3-4-6-8-14/h2-12H2,1H3,(H,16,17). The summed E-state index contributed by atoms with van der Waals surface area (Å²) in [6, 6.07) is 0. The molecule has 18 heavy (non-hydrogen) atoms. The van der Waals surface area contributed by atoms with E-state index in [1.807, 2.05) is 11.8 Å². The second kappa shape index (κ2) is 9.24. The minimum atomic E-state index is 0.195. The monoisotopic (exact) mass is 335 g/mol. The van der Waals surface area contributed by atoms with Crippen LogP contribution in [0.5, 0.6) is 0 Å². The molecule has 1 aliphatic carbocycles. The largest absolute Gasteiger partial charge is 0.355 e. The molecular formula is C14H26BrNOS. The van der Waals surface area contributed by atoms with Crippen LogP contribution in [0.25, 0.3) is 0 Å².